The molecule has 6 nitrogen and oxygen atoms in total. The Bertz CT molecular complexity index is 1090. The molecule has 2 aromatic carbocycles. The van der Waals surface area contributed by atoms with Crippen LogP contribution in [0, 0.1) is 0 Å². The van der Waals surface area contributed by atoms with Gasteiger partial charge in [-0.15, -0.1) is 0 Å². The number of fused-ring (bicyclic) bond motifs is 1. The van der Waals surface area contributed by atoms with Gasteiger partial charge in [0.15, 0.2) is 11.5 Å². The van der Waals surface area contributed by atoms with E-state index in [-0.39, 0.29) is 23.7 Å². The molecule has 1 amide bonds. The monoisotopic (exact) mass is 416 g/mol. The van der Waals surface area contributed by atoms with Crippen molar-refractivity contribution in [1.82, 2.24) is 5.43 Å². The van der Waals surface area contributed by atoms with E-state index in [1.807, 2.05) is 0 Å². The van der Waals surface area contributed by atoms with Gasteiger partial charge >= 0.3 is 6.18 Å². The molecule has 1 aliphatic heterocycles. The van der Waals surface area contributed by atoms with Crippen molar-refractivity contribution in [3.05, 3.63) is 72.0 Å². The molecule has 0 fully saturated rings. The Morgan fingerprint density at radius 1 is 1.07 bits per heavy atom. The molecule has 30 heavy (non-hydrogen) atoms. The van der Waals surface area contributed by atoms with Crippen molar-refractivity contribution < 1.29 is 31.9 Å². The van der Waals surface area contributed by atoms with Crippen LogP contribution in [0.25, 0.3) is 11.3 Å². The van der Waals surface area contributed by atoms with Gasteiger partial charge in [0, 0.05) is 5.56 Å². The molecule has 2 heterocycles. The van der Waals surface area contributed by atoms with Crippen molar-refractivity contribution >= 4 is 12.1 Å². The van der Waals surface area contributed by atoms with E-state index >= 15 is 0 Å². The third kappa shape index (κ3) is 4.29. The predicted molar refractivity (Wildman–Crippen MR) is 101 cm³/mol. The Kier molecular flexibility index (Phi) is 5.18. The fourth-order valence-corrected chi connectivity index (χ4v) is 2.81. The normalized spacial score (nSPS) is 15.9. The number of alkyl halides is 3. The highest BCUT2D eigenvalue weighted by Crippen LogP contribution is 2.33. The lowest BCUT2D eigenvalue weighted by Gasteiger charge is -2.24. The number of halogens is 3. The molecule has 0 spiro atoms. The maximum absolute atomic E-state index is 12.9. The summed E-state index contributed by atoms with van der Waals surface area (Å²) < 4.78 is 55.1. The van der Waals surface area contributed by atoms with Crippen LogP contribution in [0.15, 0.2) is 70.2 Å². The van der Waals surface area contributed by atoms with E-state index in [4.69, 9.17) is 13.9 Å². The van der Waals surface area contributed by atoms with Gasteiger partial charge in [-0.25, -0.2) is 5.43 Å². The zero-order valence-electron chi connectivity index (χ0n) is 15.3. The molecule has 0 saturated heterocycles. The average molecular weight is 416 g/mol. The lowest BCUT2D eigenvalue weighted by molar-refractivity contribution is -0.137. The summed E-state index contributed by atoms with van der Waals surface area (Å²) in [7, 11) is 0. The summed E-state index contributed by atoms with van der Waals surface area (Å²) in [5.41, 5.74) is 1.84. The van der Waals surface area contributed by atoms with Crippen LogP contribution in [0.4, 0.5) is 13.2 Å². The number of hydrogen-bond acceptors (Lipinski definition) is 5. The third-order valence-corrected chi connectivity index (χ3v) is 4.27. The largest absolute Gasteiger partial charge is 0.485 e. The molecule has 0 radical (unpaired) electrons. The van der Waals surface area contributed by atoms with Crippen molar-refractivity contribution in [2.24, 2.45) is 5.10 Å². The summed E-state index contributed by atoms with van der Waals surface area (Å²) in [4.78, 5) is 12.2. The first kappa shape index (κ1) is 19.6. The number of furan rings is 1. The van der Waals surface area contributed by atoms with Crippen LogP contribution in [-0.2, 0) is 11.0 Å². The lowest BCUT2D eigenvalue weighted by Crippen LogP contribution is -2.42. The summed E-state index contributed by atoms with van der Waals surface area (Å²) in [5.74, 6) is 1.01. The second-order valence-corrected chi connectivity index (χ2v) is 6.38. The molecule has 0 bridgehead atoms. The number of hydrogen-bond donors (Lipinski definition) is 1. The second kappa shape index (κ2) is 7.94. The van der Waals surface area contributed by atoms with E-state index in [0.717, 1.165) is 12.1 Å². The van der Waals surface area contributed by atoms with Gasteiger partial charge in [0.25, 0.3) is 5.91 Å². The standard InChI is InChI=1S/C21H15F3N2O4/c22-21(23,24)14-5-3-4-13(10-14)16-9-8-15(29-16)11-25-26-20(27)19-12-28-17-6-1-2-7-18(17)30-19/h1-11,19H,12H2,(H,26,27)/b25-11-. The van der Waals surface area contributed by atoms with Crippen LogP contribution >= 0.6 is 0 Å². The molecule has 1 aromatic heterocycles. The molecule has 0 saturated carbocycles. The first-order valence-corrected chi connectivity index (χ1v) is 8.89. The Morgan fingerprint density at radius 3 is 2.67 bits per heavy atom. The number of benzene rings is 2. The van der Waals surface area contributed by atoms with Gasteiger partial charge in [0.1, 0.15) is 18.1 Å². The number of carbonyl (C=O) groups is 1. The van der Waals surface area contributed by atoms with Crippen molar-refractivity contribution in [3.8, 4) is 22.8 Å². The van der Waals surface area contributed by atoms with Gasteiger partial charge in [-0.1, -0.05) is 24.3 Å². The molecule has 9 heteroatoms. The van der Waals surface area contributed by atoms with E-state index in [0.29, 0.717) is 11.5 Å². The highest BCUT2D eigenvalue weighted by atomic mass is 19.4. The maximum Gasteiger partial charge on any atom is 0.416 e. The van der Waals surface area contributed by atoms with Gasteiger partial charge in [0.2, 0.25) is 6.10 Å². The Hall–Kier alpha value is -3.75. The number of rotatable bonds is 4. The van der Waals surface area contributed by atoms with Crippen molar-refractivity contribution in [2.45, 2.75) is 12.3 Å². The van der Waals surface area contributed by atoms with Gasteiger partial charge in [-0.3, -0.25) is 4.79 Å². The van der Waals surface area contributed by atoms with Gasteiger partial charge in [0.05, 0.1) is 11.8 Å². The zero-order chi connectivity index (χ0) is 21.1. The number of ether oxygens (including phenoxy) is 2. The minimum Gasteiger partial charge on any atom is -0.485 e. The van der Waals surface area contributed by atoms with Crippen molar-refractivity contribution in [2.75, 3.05) is 6.61 Å². The van der Waals surface area contributed by atoms with Crippen LogP contribution in [0.3, 0.4) is 0 Å². The number of nitrogens with one attached hydrogen (secondary N) is 1. The predicted octanol–water partition coefficient (Wildman–Crippen LogP) is 4.26. The molecular formula is C21H15F3N2O4. The van der Waals surface area contributed by atoms with E-state index in [1.54, 1.807) is 24.3 Å². The molecule has 154 valence electrons. The molecule has 0 aliphatic carbocycles. The van der Waals surface area contributed by atoms with Crippen molar-refractivity contribution in [1.29, 1.82) is 0 Å². The molecule has 1 unspecified atom stereocenters. The fraction of sp³-hybridized carbons (Fsp3) is 0.143. The van der Waals surface area contributed by atoms with E-state index in [1.165, 1.54) is 30.5 Å². The zero-order valence-corrected chi connectivity index (χ0v) is 15.3. The number of nitrogens with zero attached hydrogens (tertiary/aromatic N) is 1. The summed E-state index contributed by atoms with van der Waals surface area (Å²) in [5, 5.41) is 3.80. The quantitative estimate of drug-likeness (QED) is 0.510. The van der Waals surface area contributed by atoms with Gasteiger partial charge < -0.3 is 13.9 Å². The first-order chi connectivity index (χ1) is 14.4. The Labute approximate surface area is 168 Å². The maximum atomic E-state index is 12.9. The molecule has 4 rings (SSSR count). The average Bonchev–Trinajstić information content (AvgIpc) is 3.22. The Morgan fingerprint density at radius 2 is 1.87 bits per heavy atom. The van der Waals surface area contributed by atoms with E-state index in [2.05, 4.69) is 10.5 Å². The molecule has 1 atom stereocenters. The summed E-state index contributed by atoms with van der Waals surface area (Å²) in [6.45, 7) is 0.0405. The van der Waals surface area contributed by atoms with Gasteiger partial charge in [-0.2, -0.15) is 18.3 Å². The van der Waals surface area contributed by atoms with Gasteiger partial charge in [-0.05, 0) is 36.4 Å². The molecule has 3 aromatic rings. The highest BCUT2D eigenvalue weighted by molar-refractivity contribution is 5.84. The minimum atomic E-state index is -4.44. The molecule has 1 N–H and O–H groups in total. The van der Waals surface area contributed by atoms with E-state index in [9.17, 15) is 18.0 Å². The topological polar surface area (TPSA) is 73.1 Å². The number of para-hydroxylation sites is 2. The first-order valence-electron chi connectivity index (χ1n) is 8.89. The number of carbonyl (C=O) groups excluding carboxylic acids is 1. The number of amides is 1. The third-order valence-electron chi connectivity index (χ3n) is 4.27. The van der Waals surface area contributed by atoms with E-state index < -0.39 is 23.8 Å². The lowest BCUT2D eigenvalue weighted by atomic mass is 10.1. The number of hydrazone groups is 1. The smallest absolute Gasteiger partial charge is 0.416 e. The Balaban J connectivity index is 1.38. The summed E-state index contributed by atoms with van der Waals surface area (Å²) in [6.07, 6.45) is -4.07. The minimum absolute atomic E-state index is 0.0405. The fourth-order valence-electron chi connectivity index (χ4n) is 2.81. The summed E-state index contributed by atoms with van der Waals surface area (Å²) in [6, 6.07) is 14.8. The molecule has 1 aliphatic rings. The van der Waals surface area contributed by atoms with Crippen LogP contribution in [0.2, 0.25) is 0 Å². The SMILES string of the molecule is O=C(N/N=C\c1ccc(-c2cccc(C(F)(F)F)c2)o1)C1COc2ccccc2O1. The summed E-state index contributed by atoms with van der Waals surface area (Å²) >= 11 is 0. The van der Waals surface area contributed by atoms with Crippen LogP contribution < -0.4 is 14.9 Å². The molecular weight excluding hydrogens is 401 g/mol. The second-order valence-electron chi connectivity index (χ2n) is 6.38. The van der Waals surface area contributed by atoms with Crippen LogP contribution in [-0.4, -0.2) is 24.8 Å². The van der Waals surface area contributed by atoms with Crippen LogP contribution in [0.1, 0.15) is 11.3 Å². The van der Waals surface area contributed by atoms with Crippen molar-refractivity contribution in [3.63, 3.8) is 0 Å². The van der Waals surface area contributed by atoms with Crippen LogP contribution in [0.5, 0.6) is 11.5 Å². The highest BCUT2D eigenvalue weighted by Gasteiger charge is 2.30.